The Bertz CT molecular complexity index is 981. The van der Waals surface area contributed by atoms with Crippen LogP contribution < -0.4 is 10.6 Å². The number of likely N-dealkylation sites (tertiary alicyclic amines) is 1. The van der Waals surface area contributed by atoms with Gasteiger partial charge in [0.1, 0.15) is 18.7 Å². The highest BCUT2D eigenvalue weighted by molar-refractivity contribution is 5.93. The first-order valence-corrected chi connectivity index (χ1v) is 15.5. The van der Waals surface area contributed by atoms with Crippen LogP contribution in [0.2, 0.25) is 0 Å². The van der Waals surface area contributed by atoms with Gasteiger partial charge in [0, 0.05) is 13.1 Å². The van der Waals surface area contributed by atoms with Gasteiger partial charge in [0.15, 0.2) is 0 Å². The van der Waals surface area contributed by atoms with Crippen molar-refractivity contribution in [1.29, 1.82) is 0 Å². The molecule has 3 amide bonds. The summed E-state index contributed by atoms with van der Waals surface area (Å²) in [5.74, 6) is -4.15. The number of ether oxygens (including phenoxy) is 3. The van der Waals surface area contributed by atoms with Crippen molar-refractivity contribution in [2.45, 2.75) is 96.7 Å². The molecule has 0 radical (unpaired) electrons. The van der Waals surface area contributed by atoms with Gasteiger partial charge in [-0.2, -0.15) is 0 Å². The molecule has 0 unspecified atom stereocenters. The van der Waals surface area contributed by atoms with E-state index < -0.39 is 53.8 Å². The fraction of sp³-hybridized carbons (Fsp3) is 0.656. The molecule has 1 fully saturated rings. The van der Waals surface area contributed by atoms with E-state index in [9.17, 15) is 24.0 Å². The summed E-state index contributed by atoms with van der Waals surface area (Å²) in [4.78, 5) is 66.4. The van der Waals surface area contributed by atoms with Gasteiger partial charge >= 0.3 is 18.0 Å². The highest BCUT2D eigenvalue weighted by atomic mass is 16.6. The van der Waals surface area contributed by atoms with Crippen molar-refractivity contribution in [3.05, 3.63) is 35.9 Å². The second-order valence-corrected chi connectivity index (χ2v) is 11.0. The maximum absolute atomic E-state index is 13.6. The third-order valence-corrected chi connectivity index (χ3v) is 7.75. The number of nitrogens with one attached hydrogen (secondary N) is 2. The number of rotatable bonds is 18. The normalized spacial score (nSPS) is 17.4. The summed E-state index contributed by atoms with van der Waals surface area (Å²) >= 11 is 0. The van der Waals surface area contributed by atoms with Crippen molar-refractivity contribution in [1.82, 2.24) is 15.5 Å². The lowest BCUT2D eigenvalue weighted by atomic mass is 9.93. The number of hydrogen-bond donors (Lipinski definition) is 2. The van der Waals surface area contributed by atoms with Crippen molar-refractivity contribution in [2.24, 2.45) is 11.8 Å². The Morgan fingerprint density at radius 1 is 0.744 bits per heavy atom. The smallest absolute Gasteiger partial charge is 0.410 e. The largest absolute Gasteiger partial charge is 0.467 e. The number of methoxy groups -OCH3 is 2. The summed E-state index contributed by atoms with van der Waals surface area (Å²) in [7, 11) is 2.52. The van der Waals surface area contributed by atoms with Crippen LogP contribution in [0.3, 0.4) is 0 Å². The van der Waals surface area contributed by atoms with Gasteiger partial charge in [-0.15, -0.1) is 0 Å². The van der Waals surface area contributed by atoms with Crippen molar-refractivity contribution >= 4 is 29.8 Å². The van der Waals surface area contributed by atoms with Gasteiger partial charge in [-0.3, -0.25) is 9.59 Å². The van der Waals surface area contributed by atoms with E-state index in [0.29, 0.717) is 12.8 Å². The summed E-state index contributed by atoms with van der Waals surface area (Å²) in [5.41, 5.74) is 0.798. The van der Waals surface area contributed by atoms with E-state index in [0.717, 1.165) is 56.9 Å². The average molecular weight is 604 g/mol. The maximum Gasteiger partial charge on any atom is 0.410 e. The van der Waals surface area contributed by atoms with E-state index in [1.54, 1.807) is 0 Å². The molecule has 11 heteroatoms. The average Bonchev–Trinajstić information content (AvgIpc) is 3.48. The molecule has 1 heterocycles. The van der Waals surface area contributed by atoms with E-state index in [1.807, 2.05) is 30.3 Å². The van der Waals surface area contributed by atoms with Crippen LogP contribution in [0.4, 0.5) is 4.79 Å². The molecule has 0 bridgehead atoms. The van der Waals surface area contributed by atoms with Crippen LogP contribution in [0.1, 0.15) is 83.6 Å². The molecule has 1 aromatic carbocycles. The number of carbonyl (C=O) groups is 5. The number of amides is 3. The zero-order valence-electron chi connectivity index (χ0n) is 26.1. The molecule has 0 aliphatic carbocycles. The number of carbonyl (C=O) groups excluding carboxylic acids is 5. The quantitative estimate of drug-likeness (QED) is 0.145. The summed E-state index contributed by atoms with van der Waals surface area (Å²) in [5, 5.41) is 5.52. The first-order valence-electron chi connectivity index (χ1n) is 15.5. The van der Waals surface area contributed by atoms with Crippen molar-refractivity contribution in [3.63, 3.8) is 0 Å². The molecule has 2 N–H and O–H groups in total. The lowest BCUT2D eigenvalue weighted by molar-refractivity contribution is -0.147. The second-order valence-electron chi connectivity index (χ2n) is 11.0. The Kier molecular flexibility index (Phi) is 16.2. The van der Waals surface area contributed by atoms with Gasteiger partial charge in [0.2, 0.25) is 11.8 Å². The monoisotopic (exact) mass is 603 g/mol. The van der Waals surface area contributed by atoms with Gasteiger partial charge in [0.05, 0.1) is 26.1 Å². The van der Waals surface area contributed by atoms with Gasteiger partial charge in [-0.05, 0) is 18.4 Å². The van der Waals surface area contributed by atoms with Gasteiger partial charge < -0.3 is 29.7 Å². The SMILES string of the molecule is CCCCCC[C@H](NC(=O)[C@H]1CN(C(=O)OCc2ccccc2)C[C@@H]1C(=O)N[C@@H](CCCCCC)C(=O)OC)C(=O)OC. The van der Waals surface area contributed by atoms with Crippen LogP contribution >= 0.6 is 0 Å². The van der Waals surface area contributed by atoms with Crippen LogP contribution in [-0.2, 0) is 40.0 Å². The first-order chi connectivity index (χ1) is 20.7. The number of hydrogen-bond acceptors (Lipinski definition) is 8. The number of unbranched alkanes of at least 4 members (excludes halogenated alkanes) is 6. The van der Waals surface area contributed by atoms with E-state index in [2.05, 4.69) is 24.5 Å². The van der Waals surface area contributed by atoms with Gasteiger partial charge in [-0.25, -0.2) is 14.4 Å². The molecule has 1 aromatic rings. The Morgan fingerprint density at radius 2 is 1.21 bits per heavy atom. The molecule has 1 aliphatic rings. The Morgan fingerprint density at radius 3 is 1.63 bits per heavy atom. The van der Waals surface area contributed by atoms with Crippen LogP contribution in [0, 0.1) is 11.8 Å². The molecule has 1 saturated heterocycles. The third kappa shape index (κ3) is 11.9. The molecular formula is C32H49N3O8. The Labute approximate surface area is 255 Å². The predicted octanol–water partition coefficient (Wildman–Crippen LogP) is 4.13. The zero-order chi connectivity index (χ0) is 31.6. The third-order valence-electron chi connectivity index (χ3n) is 7.75. The van der Waals surface area contributed by atoms with Crippen molar-refractivity contribution in [2.75, 3.05) is 27.3 Å². The minimum absolute atomic E-state index is 0.0360. The summed E-state index contributed by atoms with van der Waals surface area (Å²) in [6.45, 7) is 4.03. The molecule has 0 spiro atoms. The molecule has 11 nitrogen and oxygen atoms in total. The minimum atomic E-state index is -0.967. The molecule has 2 rings (SSSR count). The predicted molar refractivity (Wildman–Crippen MR) is 161 cm³/mol. The molecule has 1 aliphatic heterocycles. The van der Waals surface area contributed by atoms with Gasteiger partial charge in [0.25, 0.3) is 0 Å². The Hall–Kier alpha value is -3.63. The number of esters is 2. The minimum Gasteiger partial charge on any atom is -0.467 e. The Balaban J connectivity index is 2.20. The molecule has 240 valence electrons. The topological polar surface area (TPSA) is 140 Å². The summed E-state index contributed by atoms with van der Waals surface area (Å²) < 4.78 is 15.3. The van der Waals surface area contributed by atoms with Crippen LogP contribution in [-0.4, -0.2) is 74.1 Å². The highest BCUT2D eigenvalue weighted by Crippen LogP contribution is 2.26. The molecule has 4 atom stereocenters. The van der Waals surface area contributed by atoms with E-state index >= 15 is 0 Å². The van der Waals surface area contributed by atoms with E-state index in [-0.39, 0.29) is 19.7 Å². The molecule has 43 heavy (non-hydrogen) atoms. The van der Waals surface area contributed by atoms with Crippen LogP contribution in [0.15, 0.2) is 30.3 Å². The number of nitrogens with zero attached hydrogens (tertiary/aromatic N) is 1. The fourth-order valence-corrected chi connectivity index (χ4v) is 5.19. The second kappa shape index (κ2) is 19.5. The lowest BCUT2D eigenvalue weighted by Gasteiger charge is -2.23. The summed E-state index contributed by atoms with van der Waals surface area (Å²) in [6.07, 6.45) is 7.44. The molecule has 0 saturated carbocycles. The molecule has 0 aromatic heterocycles. The van der Waals surface area contributed by atoms with Crippen LogP contribution in [0.25, 0.3) is 0 Å². The van der Waals surface area contributed by atoms with Crippen molar-refractivity contribution < 1.29 is 38.2 Å². The van der Waals surface area contributed by atoms with Gasteiger partial charge in [-0.1, -0.05) is 95.5 Å². The zero-order valence-corrected chi connectivity index (χ0v) is 26.1. The highest BCUT2D eigenvalue weighted by Gasteiger charge is 2.45. The number of benzene rings is 1. The van der Waals surface area contributed by atoms with Crippen molar-refractivity contribution in [3.8, 4) is 0 Å². The lowest BCUT2D eigenvalue weighted by Crippen LogP contribution is -2.50. The maximum atomic E-state index is 13.6. The van der Waals surface area contributed by atoms with Crippen LogP contribution in [0.5, 0.6) is 0 Å². The summed E-state index contributed by atoms with van der Waals surface area (Å²) in [6, 6.07) is 7.42. The van der Waals surface area contributed by atoms with E-state index in [1.165, 1.54) is 19.1 Å². The fourth-order valence-electron chi connectivity index (χ4n) is 5.19. The first kappa shape index (κ1) is 35.6. The molecular weight excluding hydrogens is 554 g/mol. The standard InChI is InChI=1S/C32H49N3O8/c1-5-7-9-14-18-26(30(38)41-3)33-28(36)24-20-35(32(40)43-22-23-16-12-11-13-17-23)21-25(24)29(37)34-27(31(39)42-4)19-15-10-8-6-2/h11-13,16-17,24-27H,5-10,14-15,18-22H2,1-4H3,(H,33,36)(H,34,37)/t24-,25-,26-,27-/m0/s1. The van der Waals surface area contributed by atoms with E-state index in [4.69, 9.17) is 14.2 Å².